The number of hydrogen-bond donors (Lipinski definition) is 3. The lowest BCUT2D eigenvalue weighted by Gasteiger charge is -2.35. The first kappa shape index (κ1) is 48.7. The van der Waals surface area contributed by atoms with Crippen LogP contribution in [0.3, 0.4) is 0 Å². The Morgan fingerprint density at radius 3 is 2.11 bits per heavy atom. The second-order valence-corrected chi connectivity index (χ2v) is 24.2. The van der Waals surface area contributed by atoms with Gasteiger partial charge in [-0.25, -0.2) is 9.36 Å². The average Bonchev–Trinajstić information content (AvgIpc) is 4.14. The number of rotatable bonds is 16. The van der Waals surface area contributed by atoms with Gasteiger partial charge in [-0.1, -0.05) is 87.5 Å². The number of fused-ring (bicyclic) bond motifs is 1. The summed E-state index contributed by atoms with van der Waals surface area (Å²) in [6, 6.07) is 7.53. The van der Waals surface area contributed by atoms with Crippen LogP contribution in [0.4, 0.5) is 0 Å². The lowest BCUT2D eigenvalue weighted by molar-refractivity contribution is -0.144. The number of aromatic nitrogens is 7. The van der Waals surface area contributed by atoms with Crippen LogP contribution in [0.5, 0.6) is 0 Å². The summed E-state index contributed by atoms with van der Waals surface area (Å²) in [5.74, 6) is 0.921. The number of carbonyl (C=O) groups excluding carboxylic acids is 4. The minimum atomic E-state index is -0.832. The zero-order valence-electron chi connectivity index (χ0n) is 42.6. The number of nitrogens with one attached hydrogen (secondary N) is 2. The quantitative estimate of drug-likeness (QED) is 0.138. The Balaban J connectivity index is 0.761. The van der Waals surface area contributed by atoms with Gasteiger partial charge in [0.15, 0.2) is 0 Å². The van der Waals surface area contributed by atoms with E-state index < -0.39 is 47.2 Å². The summed E-state index contributed by atoms with van der Waals surface area (Å²) in [6.07, 6.45) is 12.2. The molecule has 4 aliphatic carbocycles. The van der Waals surface area contributed by atoms with Crippen molar-refractivity contribution < 1.29 is 33.5 Å². The maximum atomic E-state index is 14.9. The van der Waals surface area contributed by atoms with Gasteiger partial charge in [-0.3, -0.25) is 24.1 Å². The first-order valence-electron chi connectivity index (χ1n) is 26.6. The summed E-state index contributed by atoms with van der Waals surface area (Å²) in [4.78, 5) is 63.9. The zero-order valence-corrected chi connectivity index (χ0v) is 42.6. The fourth-order valence-corrected chi connectivity index (χ4v) is 12.5. The Morgan fingerprint density at radius 2 is 1.43 bits per heavy atom. The molecular weight excluding hydrogens is 917 g/mol. The first-order valence-corrected chi connectivity index (χ1v) is 26.6. The van der Waals surface area contributed by atoms with Crippen LogP contribution in [0, 0.1) is 16.7 Å². The van der Waals surface area contributed by atoms with Gasteiger partial charge in [-0.05, 0) is 80.2 Å². The Labute approximate surface area is 421 Å². The van der Waals surface area contributed by atoms with Crippen LogP contribution in [0.1, 0.15) is 164 Å². The van der Waals surface area contributed by atoms with Gasteiger partial charge in [0.2, 0.25) is 23.6 Å². The molecule has 4 amide bonds. The predicted molar refractivity (Wildman–Crippen MR) is 262 cm³/mol. The van der Waals surface area contributed by atoms with Crippen LogP contribution in [0.25, 0.3) is 0 Å². The van der Waals surface area contributed by atoms with Gasteiger partial charge in [-0.15, -0.1) is 10.2 Å². The van der Waals surface area contributed by atoms with Crippen LogP contribution in [-0.2, 0) is 37.0 Å². The third-order valence-electron chi connectivity index (χ3n) is 16.5. The van der Waals surface area contributed by atoms with Gasteiger partial charge in [-0.2, -0.15) is 0 Å². The Bertz CT molecular complexity index is 2630. The first-order chi connectivity index (χ1) is 34.5. The molecule has 7 aliphatic rings. The van der Waals surface area contributed by atoms with Crippen LogP contribution < -0.4 is 10.6 Å². The maximum absolute atomic E-state index is 14.9. The number of β-amino-alcohol motifs (C(OH)–C–C–N with tert-alkyl or cyclic N) is 1. The van der Waals surface area contributed by atoms with Gasteiger partial charge in [0, 0.05) is 86.8 Å². The minimum Gasteiger partial charge on any atom is -0.391 e. The van der Waals surface area contributed by atoms with Crippen molar-refractivity contribution in [3.8, 4) is 0 Å². The fourth-order valence-electron chi connectivity index (χ4n) is 12.5. The minimum absolute atomic E-state index is 0.0324. The van der Waals surface area contributed by atoms with Crippen molar-refractivity contribution >= 4 is 23.6 Å². The number of amides is 4. The highest BCUT2D eigenvalue weighted by Crippen LogP contribution is 2.47. The van der Waals surface area contributed by atoms with Gasteiger partial charge in [0.1, 0.15) is 29.9 Å². The average molecular weight is 989 g/mol. The molecule has 0 bridgehead atoms. The number of aliphatic hydroxyl groups excluding tert-OH is 1. The van der Waals surface area contributed by atoms with Gasteiger partial charge < -0.3 is 34.8 Å². The van der Waals surface area contributed by atoms with E-state index in [0.29, 0.717) is 36.3 Å². The van der Waals surface area contributed by atoms with Gasteiger partial charge >= 0.3 is 0 Å². The summed E-state index contributed by atoms with van der Waals surface area (Å²) in [5.41, 5.74) is 2.49. The molecule has 4 saturated carbocycles. The number of carbonyl (C=O) groups is 4. The molecule has 19 heteroatoms. The van der Waals surface area contributed by atoms with E-state index in [0.717, 1.165) is 75.1 Å². The summed E-state index contributed by atoms with van der Waals surface area (Å²) in [5, 5.41) is 39.5. The molecule has 3 N–H and O–H groups in total. The largest absolute Gasteiger partial charge is 0.391 e. The van der Waals surface area contributed by atoms with Crippen molar-refractivity contribution in [2.45, 2.75) is 191 Å². The van der Waals surface area contributed by atoms with Crippen molar-refractivity contribution in [3.05, 3.63) is 77.2 Å². The fraction of sp³-hybridized carbons (Fsp3) is 0.679. The van der Waals surface area contributed by atoms with Crippen molar-refractivity contribution in [1.82, 2.24) is 60.5 Å². The van der Waals surface area contributed by atoms with E-state index in [2.05, 4.69) is 65.6 Å². The molecule has 3 saturated heterocycles. The molecular formula is C53H72N12O7. The summed E-state index contributed by atoms with van der Waals surface area (Å²) < 4.78 is 15.6. The zero-order chi connectivity index (χ0) is 50.2. The van der Waals surface area contributed by atoms with Gasteiger partial charge in [0.05, 0.1) is 35.9 Å². The van der Waals surface area contributed by atoms with E-state index in [1.54, 1.807) is 25.4 Å². The molecule has 2 unspecified atom stereocenters. The lowest BCUT2D eigenvalue weighted by atomic mass is 9.85. The van der Waals surface area contributed by atoms with E-state index in [1.165, 1.54) is 5.56 Å². The molecule has 4 aromatic rings. The molecule has 1 aromatic carbocycles. The SMILES string of the molecule is CC(C)(C)[C@@H](C(=O)N1C[C@H](OC2CC2c2cn([C@H](C(=O)N3C[C@H](O)C[C@H]3C(=O)N[C@@H]3CC[C@H]4CCN(Cc5ccccc5)[C@H]43)C(C)(C)C)nn2)C[C@H]1C(=O)NCc1cnoc1C1CC1)n1cc(C2CC2)nn1. The molecule has 386 valence electrons. The Hall–Kier alpha value is -5.53. The van der Waals surface area contributed by atoms with Crippen LogP contribution in [0.15, 0.2) is 53.4 Å². The Morgan fingerprint density at radius 1 is 0.778 bits per heavy atom. The maximum Gasteiger partial charge on any atom is 0.248 e. The number of benzene rings is 1. The summed E-state index contributed by atoms with van der Waals surface area (Å²) >= 11 is 0. The molecule has 11 rings (SSSR count). The smallest absolute Gasteiger partial charge is 0.248 e. The highest BCUT2D eigenvalue weighted by molar-refractivity contribution is 5.91. The standard InChI is InChI=1S/C53H72N12O7/c1-52(2,3)46(50(69)62-26-35(66)20-41(62)49(68)56-38-17-16-32-18-19-61(44(32)38)25-30-10-8-7-9-11-30)65-29-40(58-60-65)37-22-43(37)71-36-21-42(48(67)54-23-34-24-55-72-45(34)33-14-15-33)63(27-36)51(70)47(53(4,5)6)64-28-39(57-59-64)31-12-13-31/h7-11,24,28-29,31-33,35-38,41-44,46-47,66H,12-23,25-27H2,1-6H3,(H,54,67)(H,56,68)/t32-,35+,36+,37?,38+,41-,42-,43?,44+,46+,47+/m0/s1. The van der Waals surface area contributed by atoms with E-state index in [1.807, 2.05) is 60.0 Å². The number of nitrogens with zero attached hydrogens (tertiary/aromatic N) is 10. The number of aliphatic hydroxyl groups is 1. The molecule has 6 heterocycles. The van der Waals surface area contributed by atoms with E-state index >= 15 is 0 Å². The molecule has 0 spiro atoms. The second-order valence-electron chi connectivity index (χ2n) is 24.2. The molecule has 3 aliphatic heterocycles. The molecule has 19 nitrogen and oxygen atoms in total. The number of ether oxygens (including phenoxy) is 1. The molecule has 0 radical (unpaired) electrons. The van der Waals surface area contributed by atoms with Crippen molar-refractivity contribution in [1.29, 1.82) is 0 Å². The molecule has 11 atom stereocenters. The van der Waals surface area contributed by atoms with Crippen LogP contribution in [0.2, 0.25) is 0 Å². The van der Waals surface area contributed by atoms with Crippen LogP contribution in [-0.4, -0.2) is 141 Å². The lowest BCUT2D eigenvalue weighted by Crippen LogP contribution is -2.54. The summed E-state index contributed by atoms with van der Waals surface area (Å²) in [6.45, 7) is 14.3. The van der Waals surface area contributed by atoms with E-state index in [4.69, 9.17) is 9.26 Å². The topological polar surface area (TPSA) is 219 Å². The second kappa shape index (κ2) is 19.1. The third-order valence-corrected chi connectivity index (χ3v) is 16.5. The van der Waals surface area contributed by atoms with Crippen molar-refractivity contribution in [3.63, 3.8) is 0 Å². The molecule has 72 heavy (non-hydrogen) atoms. The van der Waals surface area contributed by atoms with Gasteiger partial charge in [0.25, 0.3) is 0 Å². The van der Waals surface area contributed by atoms with Crippen molar-refractivity contribution in [2.75, 3.05) is 19.6 Å². The summed E-state index contributed by atoms with van der Waals surface area (Å²) in [7, 11) is 0. The Kier molecular flexibility index (Phi) is 12.9. The predicted octanol–water partition coefficient (Wildman–Crippen LogP) is 4.78. The molecule has 7 fully saturated rings. The number of hydrogen-bond acceptors (Lipinski definition) is 13. The highest BCUT2D eigenvalue weighted by atomic mass is 16.5. The van der Waals surface area contributed by atoms with Crippen LogP contribution >= 0.6 is 0 Å². The van der Waals surface area contributed by atoms with Crippen molar-refractivity contribution in [2.24, 2.45) is 16.7 Å². The molecule has 3 aromatic heterocycles. The monoisotopic (exact) mass is 989 g/mol. The number of likely N-dealkylation sites (tertiary alicyclic amines) is 3. The third kappa shape index (κ3) is 9.96. The van der Waals surface area contributed by atoms with E-state index in [-0.39, 0.29) is 73.8 Å². The highest BCUT2D eigenvalue weighted by Gasteiger charge is 2.52. The normalized spacial score (nSPS) is 29.3. The van der Waals surface area contributed by atoms with E-state index in [9.17, 15) is 24.3 Å².